The van der Waals surface area contributed by atoms with E-state index in [1.165, 1.54) is 14.3 Å². The van der Waals surface area contributed by atoms with E-state index in [-0.39, 0.29) is 6.04 Å². The van der Waals surface area contributed by atoms with Crippen molar-refractivity contribution in [1.29, 1.82) is 0 Å². The molecule has 3 heterocycles. The number of oxazole rings is 1. The zero-order chi connectivity index (χ0) is 14.2. The third kappa shape index (κ3) is 2.37. The van der Waals surface area contributed by atoms with Gasteiger partial charge in [0, 0.05) is 20.7 Å². The molecule has 1 atom stereocenters. The van der Waals surface area contributed by atoms with E-state index in [2.05, 4.69) is 27.8 Å². The van der Waals surface area contributed by atoms with Gasteiger partial charge in [0.2, 0.25) is 0 Å². The molecule has 1 N–H and O–H groups in total. The normalized spacial score (nSPS) is 13.2. The van der Waals surface area contributed by atoms with E-state index in [0.29, 0.717) is 0 Å². The maximum atomic E-state index is 5.83. The standard InChI is InChI=1S/C16H14N2OS2/c1-17-11(14-9-15-13(21-14)6-7-20-15)8-16-18-10-4-2-3-5-12(10)19-16/h2-7,9,11,17H,8H2,1H3. The van der Waals surface area contributed by atoms with Gasteiger partial charge in [-0.3, -0.25) is 0 Å². The van der Waals surface area contributed by atoms with Crippen molar-refractivity contribution in [2.24, 2.45) is 0 Å². The molecule has 0 fully saturated rings. The number of fused-ring (bicyclic) bond motifs is 2. The summed E-state index contributed by atoms with van der Waals surface area (Å²) in [6, 6.07) is 12.6. The summed E-state index contributed by atoms with van der Waals surface area (Å²) in [5, 5.41) is 5.52. The molecule has 5 heteroatoms. The molecule has 0 saturated carbocycles. The molecule has 4 aromatic rings. The number of nitrogens with zero attached hydrogens (tertiary/aromatic N) is 1. The van der Waals surface area contributed by atoms with Gasteiger partial charge < -0.3 is 9.73 Å². The molecule has 1 unspecified atom stereocenters. The van der Waals surface area contributed by atoms with E-state index in [1.54, 1.807) is 11.3 Å². The monoisotopic (exact) mass is 314 g/mol. The van der Waals surface area contributed by atoms with Crippen LogP contribution in [0.3, 0.4) is 0 Å². The Morgan fingerprint density at radius 1 is 1.24 bits per heavy atom. The highest BCUT2D eigenvalue weighted by Crippen LogP contribution is 2.34. The van der Waals surface area contributed by atoms with Gasteiger partial charge in [-0.2, -0.15) is 0 Å². The van der Waals surface area contributed by atoms with E-state index < -0.39 is 0 Å². The van der Waals surface area contributed by atoms with Crippen molar-refractivity contribution in [2.75, 3.05) is 7.05 Å². The summed E-state index contributed by atoms with van der Waals surface area (Å²) in [6.45, 7) is 0. The lowest BCUT2D eigenvalue weighted by atomic mass is 10.2. The lowest BCUT2D eigenvalue weighted by Crippen LogP contribution is -2.17. The Morgan fingerprint density at radius 2 is 2.14 bits per heavy atom. The van der Waals surface area contributed by atoms with Crippen LogP contribution < -0.4 is 5.32 Å². The SMILES string of the molecule is CNC(Cc1nc2ccccc2o1)c1cc2sccc2s1. The minimum atomic E-state index is 0.239. The van der Waals surface area contributed by atoms with Crippen LogP contribution in [0, 0.1) is 0 Å². The second kappa shape index (κ2) is 5.26. The van der Waals surface area contributed by atoms with Gasteiger partial charge in [0.25, 0.3) is 0 Å². The molecule has 21 heavy (non-hydrogen) atoms. The molecular formula is C16H14N2OS2. The Hall–Kier alpha value is -1.69. The summed E-state index contributed by atoms with van der Waals surface area (Å²) in [5.74, 6) is 0.785. The fraction of sp³-hybridized carbons (Fsp3) is 0.188. The van der Waals surface area contributed by atoms with Gasteiger partial charge in [-0.05, 0) is 36.7 Å². The van der Waals surface area contributed by atoms with Gasteiger partial charge in [-0.1, -0.05) is 12.1 Å². The van der Waals surface area contributed by atoms with Gasteiger partial charge >= 0.3 is 0 Å². The Kier molecular flexibility index (Phi) is 3.25. The number of likely N-dealkylation sites (N-methyl/N-ethyl adjacent to an activating group) is 1. The molecule has 0 amide bonds. The van der Waals surface area contributed by atoms with E-state index in [4.69, 9.17) is 4.42 Å². The van der Waals surface area contributed by atoms with Crippen LogP contribution in [0.4, 0.5) is 0 Å². The second-order valence-corrected chi connectivity index (χ2v) is 6.98. The largest absolute Gasteiger partial charge is 0.441 e. The number of hydrogen-bond donors (Lipinski definition) is 1. The molecule has 0 spiro atoms. The first-order valence-electron chi connectivity index (χ1n) is 6.82. The smallest absolute Gasteiger partial charge is 0.197 e. The van der Waals surface area contributed by atoms with Crippen molar-refractivity contribution in [3.63, 3.8) is 0 Å². The predicted octanol–water partition coefficient (Wildman–Crippen LogP) is 4.61. The number of hydrogen-bond acceptors (Lipinski definition) is 5. The van der Waals surface area contributed by atoms with Crippen LogP contribution in [-0.2, 0) is 6.42 Å². The number of benzene rings is 1. The van der Waals surface area contributed by atoms with Gasteiger partial charge in [0.05, 0.1) is 6.04 Å². The fourth-order valence-electron chi connectivity index (χ4n) is 2.48. The lowest BCUT2D eigenvalue weighted by Gasteiger charge is -2.11. The molecular weight excluding hydrogens is 300 g/mol. The van der Waals surface area contributed by atoms with E-state index in [0.717, 1.165) is 23.4 Å². The Bertz CT molecular complexity index is 828. The molecule has 0 saturated heterocycles. The van der Waals surface area contributed by atoms with Gasteiger partial charge in [-0.15, -0.1) is 22.7 Å². The second-order valence-electron chi connectivity index (χ2n) is 4.92. The summed E-state index contributed by atoms with van der Waals surface area (Å²) in [6.07, 6.45) is 0.763. The maximum Gasteiger partial charge on any atom is 0.197 e. The molecule has 0 bridgehead atoms. The predicted molar refractivity (Wildman–Crippen MR) is 89.2 cm³/mol. The van der Waals surface area contributed by atoms with Gasteiger partial charge in [0.1, 0.15) is 5.52 Å². The van der Waals surface area contributed by atoms with Crippen molar-refractivity contribution in [3.8, 4) is 0 Å². The number of para-hydroxylation sites is 2. The van der Waals surface area contributed by atoms with Crippen LogP contribution in [0.25, 0.3) is 20.5 Å². The summed E-state index contributed by atoms with van der Waals surface area (Å²) in [5.41, 5.74) is 1.78. The number of aromatic nitrogens is 1. The van der Waals surface area contributed by atoms with Gasteiger partial charge in [0.15, 0.2) is 11.5 Å². The summed E-state index contributed by atoms with van der Waals surface area (Å²) >= 11 is 3.63. The third-order valence-corrected chi connectivity index (χ3v) is 5.77. The first kappa shape index (κ1) is 13.0. The molecule has 3 nitrogen and oxygen atoms in total. The third-order valence-electron chi connectivity index (χ3n) is 3.57. The number of nitrogens with one attached hydrogen (secondary N) is 1. The van der Waals surface area contributed by atoms with Crippen LogP contribution in [-0.4, -0.2) is 12.0 Å². The highest BCUT2D eigenvalue weighted by molar-refractivity contribution is 7.26. The minimum absolute atomic E-state index is 0.239. The van der Waals surface area contributed by atoms with Crippen LogP contribution in [0.1, 0.15) is 16.8 Å². The van der Waals surface area contributed by atoms with Crippen molar-refractivity contribution in [1.82, 2.24) is 10.3 Å². The first-order chi connectivity index (χ1) is 10.3. The minimum Gasteiger partial charge on any atom is -0.441 e. The number of rotatable bonds is 4. The maximum absolute atomic E-state index is 5.83. The Labute approximate surface area is 130 Å². The topological polar surface area (TPSA) is 38.1 Å². The molecule has 106 valence electrons. The molecule has 0 aliphatic rings. The summed E-state index contributed by atoms with van der Waals surface area (Å²) < 4.78 is 8.54. The average molecular weight is 314 g/mol. The molecule has 0 aliphatic carbocycles. The highest BCUT2D eigenvalue weighted by atomic mass is 32.1. The van der Waals surface area contributed by atoms with E-state index >= 15 is 0 Å². The average Bonchev–Trinajstić information content (AvgIpc) is 3.17. The van der Waals surface area contributed by atoms with Crippen LogP contribution in [0.2, 0.25) is 0 Å². The number of thiophene rings is 2. The van der Waals surface area contributed by atoms with Crippen molar-refractivity contribution in [3.05, 3.63) is 52.5 Å². The first-order valence-corrected chi connectivity index (χ1v) is 8.52. The van der Waals surface area contributed by atoms with Crippen LogP contribution in [0.15, 0.2) is 46.2 Å². The Balaban J connectivity index is 1.65. The van der Waals surface area contributed by atoms with Crippen LogP contribution in [0.5, 0.6) is 0 Å². The summed E-state index contributed by atoms with van der Waals surface area (Å²) in [7, 11) is 1.99. The van der Waals surface area contributed by atoms with Gasteiger partial charge in [-0.25, -0.2) is 4.98 Å². The van der Waals surface area contributed by atoms with Crippen molar-refractivity contribution >= 4 is 43.2 Å². The zero-order valence-electron chi connectivity index (χ0n) is 11.5. The zero-order valence-corrected chi connectivity index (χ0v) is 13.1. The molecule has 0 aliphatic heterocycles. The lowest BCUT2D eigenvalue weighted by molar-refractivity contribution is 0.477. The van der Waals surface area contributed by atoms with E-state index in [9.17, 15) is 0 Å². The Morgan fingerprint density at radius 3 is 2.95 bits per heavy atom. The molecule has 0 radical (unpaired) electrons. The molecule has 4 rings (SSSR count). The van der Waals surface area contributed by atoms with Crippen LogP contribution >= 0.6 is 22.7 Å². The van der Waals surface area contributed by atoms with Crippen molar-refractivity contribution in [2.45, 2.75) is 12.5 Å². The molecule has 1 aromatic carbocycles. The summed E-state index contributed by atoms with van der Waals surface area (Å²) in [4.78, 5) is 5.90. The quantitative estimate of drug-likeness (QED) is 0.598. The van der Waals surface area contributed by atoms with Crippen molar-refractivity contribution < 1.29 is 4.42 Å². The fourth-order valence-corrected chi connectivity index (χ4v) is 4.71. The molecule has 3 aromatic heterocycles. The van der Waals surface area contributed by atoms with E-state index in [1.807, 2.05) is 42.6 Å². The highest BCUT2D eigenvalue weighted by Gasteiger charge is 2.17.